The highest BCUT2D eigenvalue weighted by Gasteiger charge is 2.31. The van der Waals surface area contributed by atoms with Gasteiger partial charge in [-0.05, 0) is 25.1 Å². The Balaban J connectivity index is 2.06. The normalized spacial score (nSPS) is 18.2. The second-order valence-electron chi connectivity index (χ2n) is 4.75. The summed E-state index contributed by atoms with van der Waals surface area (Å²) < 4.78 is 0. The fourth-order valence-electron chi connectivity index (χ4n) is 2.24. The summed E-state index contributed by atoms with van der Waals surface area (Å²) in [6.45, 7) is 3.99. The average Bonchev–Trinajstić information content (AvgIpc) is 2.47. The zero-order valence-electron chi connectivity index (χ0n) is 11.9. The molecule has 1 aliphatic rings. The molecule has 2 rings (SSSR count). The SMILES string of the molecule is CCNC(=O)C1CNCCN1C(=O)Nc1cccc(Cl)c1. The number of hydrogen-bond donors (Lipinski definition) is 3. The minimum absolute atomic E-state index is 0.147. The first-order valence-corrected chi connectivity index (χ1v) is 7.31. The number of benzene rings is 1. The fourth-order valence-corrected chi connectivity index (χ4v) is 2.43. The van der Waals surface area contributed by atoms with Gasteiger partial charge >= 0.3 is 6.03 Å². The van der Waals surface area contributed by atoms with E-state index in [1.54, 1.807) is 29.2 Å². The van der Waals surface area contributed by atoms with Gasteiger partial charge in [0, 0.05) is 36.9 Å². The van der Waals surface area contributed by atoms with Crippen molar-refractivity contribution in [2.75, 3.05) is 31.5 Å². The van der Waals surface area contributed by atoms with Crippen LogP contribution in [0.5, 0.6) is 0 Å². The summed E-state index contributed by atoms with van der Waals surface area (Å²) in [5.41, 5.74) is 0.612. The summed E-state index contributed by atoms with van der Waals surface area (Å²) >= 11 is 5.90. The van der Waals surface area contributed by atoms with E-state index in [0.29, 0.717) is 36.9 Å². The van der Waals surface area contributed by atoms with Crippen molar-refractivity contribution in [3.05, 3.63) is 29.3 Å². The van der Waals surface area contributed by atoms with Crippen LogP contribution in [0.1, 0.15) is 6.92 Å². The van der Waals surface area contributed by atoms with Crippen LogP contribution < -0.4 is 16.0 Å². The van der Waals surface area contributed by atoms with Crippen molar-refractivity contribution in [1.29, 1.82) is 0 Å². The lowest BCUT2D eigenvalue weighted by Crippen LogP contribution is -2.60. The first kappa shape index (κ1) is 15.6. The van der Waals surface area contributed by atoms with Crippen molar-refractivity contribution < 1.29 is 9.59 Å². The molecule has 7 heteroatoms. The Labute approximate surface area is 128 Å². The molecule has 1 aromatic rings. The highest BCUT2D eigenvalue weighted by Crippen LogP contribution is 2.16. The lowest BCUT2D eigenvalue weighted by molar-refractivity contribution is -0.125. The smallest absolute Gasteiger partial charge is 0.322 e. The van der Waals surface area contributed by atoms with E-state index < -0.39 is 6.04 Å². The van der Waals surface area contributed by atoms with Gasteiger partial charge in [-0.15, -0.1) is 0 Å². The summed E-state index contributed by atoms with van der Waals surface area (Å²) in [5, 5.41) is 9.20. The van der Waals surface area contributed by atoms with E-state index in [0.717, 1.165) is 0 Å². The monoisotopic (exact) mass is 310 g/mol. The van der Waals surface area contributed by atoms with Gasteiger partial charge in [-0.25, -0.2) is 4.79 Å². The summed E-state index contributed by atoms with van der Waals surface area (Å²) in [5.74, 6) is -0.147. The van der Waals surface area contributed by atoms with Gasteiger partial charge in [-0.3, -0.25) is 4.79 Å². The van der Waals surface area contributed by atoms with E-state index in [4.69, 9.17) is 11.6 Å². The zero-order chi connectivity index (χ0) is 15.2. The molecule has 0 radical (unpaired) electrons. The summed E-state index contributed by atoms with van der Waals surface area (Å²) in [6.07, 6.45) is 0. The Hall–Kier alpha value is -1.79. The third kappa shape index (κ3) is 4.09. The molecule has 1 aliphatic heterocycles. The number of amides is 3. The van der Waals surface area contributed by atoms with Crippen LogP contribution in [0.15, 0.2) is 24.3 Å². The van der Waals surface area contributed by atoms with Gasteiger partial charge in [-0.1, -0.05) is 17.7 Å². The molecule has 1 fully saturated rings. The number of rotatable bonds is 3. The standard InChI is InChI=1S/C14H19ClN4O2/c1-2-17-13(20)12-9-16-6-7-19(12)14(21)18-11-5-3-4-10(15)8-11/h3-5,8,12,16H,2,6-7,9H2,1H3,(H,17,20)(H,18,21). The van der Waals surface area contributed by atoms with Crippen LogP contribution in [-0.4, -0.2) is 49.1 Å². The number of nitrogens with zero attached hydrogens (tertiary/aromatic N) is 1. The zero-order valence-corrected chi connectivity index (χ0v) is 12.6. The second kappa shape index (κ2) is 7.28. The van der Waals surface area contributed by atoms with Crippen LogP contribution in [-0.2, 0) is 4.79 Å². The molecule has 1 heterocycles. The predicted molar refractivity (Wildman–Crippen MR) is 82.5 cm³/mol. The van der Waals surface area contributed by atoms with E-state index in [1.807, 2.05) is 6.92 Å². The molecular formula is C14H19ClN4O2. The maximum Gasteiger partial charge on any atom is 0.322 e. The molecule has 6 nitrogen and oxygen atoms in total. The van der Waals surface area contributed by atoms with Crippen LogP contribution in [0.3, 0.4) is 0 Å². The number of halogens is 1. The largest absolute Gasteiger partial charge is 0.355 e. The highest BCUT2D eigenvalue weighted by atomic mass is 35.5. The Morgan fingerprint density at radius 3 is 3.00 bits per heavy atom. The summed E-state index contributed by atoms with van der Waals surface area (Å²) in [4.78, 5) is 25.9. The van der Waals surface area contributed by atoms with Gasteiger partial charge in [-0.2, -0.15) is 0 Å². The summed E-state index contributed by atoms with van der Waals surface area (Å²) in [7, 11) is 0. The van der Waals surface area contributed by atoms with E-state index in [9.17, 15) is 9.59 Å². The van der Waals surface area contributed by atoms with Gasteiger partial charge in [0.05, 0.1) is 0 Å². The van der Waals surface area contributed by atoms with Gasteiger partial charge in [0.15, 0.2) is 0 Å². The lowest BCUT2D eigenvalue weighted by Gasteiger charge is -2.35. The second-order valence-corrected chi connectivity index (χ2v) is 5.18. The number of nitrogens with one attached hydrogen (secondary N) is 3. The molecule has 0 aliphatic carbocycles. The van der Waals surface area contributed by atoms with Crippen LogP contribution >= 0.6 is 11.6 Å². The molecule has 3 N–H and O–H groups in total. The Kier molecular flexibility index (Phi) is 5.41. The highest BCUT2D eigenvalue weighted by molar-refractivity contribution is 6.30. The number of likely N-dealkylation sites (N-methyl/N-ethyl adjacent to an activating group) is 1. The third-order valence-electron chi connectivity index (χ3n) is 3.23. The van der Waals surface area contributed by atoms with Gasteiger partial charge in [0.25, 0.3) is 0 Å². The molecule has 1 saturated heterocycles. The molecule has 0 saturated carbocycles. The molecule has 114 valence electrons. The minimum Gasteiger partial charge on any atom is -0.355 e. The molecule has 0 bridgehead atoms. The van der Waals surface area contributed by atoms with Gasteiger partial charge in [0.2, 0.25) is 5.91 Å². The first-order chi connectivity index (χ1) is 10.1. The molecule has 3 amide bonds. The van der Waals surface area contributed by atoms with E-state index in [1.165, 1.54) is 0 Å². The van der Waals surface area contributed by atoms with Crippen molar-refractivity contribution >= 4 is 29.2 Å². The number of hydrogen-bond acceptors (Lipinski definition) is 3. The van der Waals surface area contributed by atoms with E-state index in [2.05, 4.69) is 16.0 Å². The summed E-state index contributed by atoms with van der Waals surface area (Å²) in [6, 6.07) is 6.12. The number of carbonyl (C=O) groups excluding carboxylic acids is 2. The van der Waals surface area contributed by atoms with Crippen LogP contribution in [0, 0.1) is 0 Å². The number of piperazine rings is 1. The van der Waals surface area contributed by atoms with Crippen LogP contribution in [0.4, 0.5) is 10.5 Å². The van der Waals surface area contributed by atoms with E-state index >= 15 is 0 Å². The van der Waals surface area contributed by atoms with Crippen molar-refractivity contribution in [2.45, 2.75) is 13.0 Å². The molecule has 21 heavy (non-hydrogen) atoms. The Morgan fingerprint density at radius 2 is 2.29 bits per heavy atom. The molecule has 1 unspecified atom stereocenters. The Morgan fingerprint density at radius 1 is 1.48 bits per heavy atom. The van der Waals surface area contributed by atoms with E-state index in [-0.39, 0.29) is 11.9 Å². The molecule has 0 aromatic heterocycles. The maximum atomic E-state index is 12.4. The topological polar surface area (TPSA) is 73.5 Å². The van der Waals surface area contributed by atoms with Crippen molar-refractivity contribution in [1.82, 2.24) is 15.5 Å². The number of anilines is 1. The molecule has 1 atom stereocenters. The lowest BCUT2D eigenvalue weighted by atomic mass is 10.2. The predicted octanol–water partition coefficient (Wildman–Crippen LogP) is 1.28. The number of carbonyl (C=O) groups is 2. The van der Waals surface area contributed by atoms with Crippen molar-refractivity contribution in [2.24, 2.45) is 0 Å². The van der Waals surface area contributed by atoms with Crippen molar-refractivity contribution in [3.8, 4) is 0 Å². The van der Waals surface area contributed by atoms with Crippen molar-refractivity contribution in [3.63, 3.8) is 0 Å². The quantitative estimate of drug-likeness (QED) is 0.787. The minimum atomic E-state index is -0.502. The fraction of sp³-hybridized carbons (Fsp3) is 0.429. The van der Waals surface area contributed by atoms with Crippen LogP contribution in [0.25, 0.3) is 0 Å². The first-order valence-electron chi connectivity index (χ1n) is 6.93. The Bertz CT molecular complexity index is 523. The van der Waals surface area contributed by atoms with Gasteiger partial charge < -0.3 is 20.9 Å². The average molecular weight is 311 g/mol. The third-order valence-corrected chi connectivity index (χ3v) is 3.47. The number of urea groups is 1. The maximum absolute atomic E-state index is 12.4. The molecule has 0 spiro atoms. The molecule has 1 aromatic carbocycles. The van der Waals surface area contributed by atoms with Gasteiger partial charge in [0.1, 0.15) is 6.04 Å². The molecular weight excluding hydrogens is 292 g/mol. The van der Waals surface area contributed by atoms with Crippen LogP contribution in [0.2, 0.25) is 5.02 Å².